The van der Waals surface area contributed by atoms with Gasteiger partial charge in [0.15, 0.2) is 0 Å². The smallest absolute Gasteiger partial charge is 0.212 e. The lowest BCUT2D eigenvalue weighted by atomic mass is 10.1. The van der Waals surface area contributed by atoms with Crippen molar-refractivity contribution < 1.29 is 4.79 Å². The van der Waals surface area contributed by atoms with Gasteiger partial charge in [-0.25, -0.2) is 0 Å². The van der Waals surface area contributed by atoms with Gasteiger partial charge in [-0.15, -0.1) is 0 Å². The Labute approximate surface area is 122 Å². The van der Waals surface area contributed by atoms with Crippen LogP contribution < -0.4 is 0 Å². The molecule has 0 saturated carbocycles. The minimum atomic E-state index is -0.151. The highest BCUT2D eigenvalue weighted by molar-refractivity contribution is 6.44. The molecule has 0 N–H and O–H groups in total. The van der Waals surface area contributed by atoms with Crippen molar-refractivity contribution in [3.8, 4) is 0 Å². The molecule has 0 saturated heterocycles. The summed E-state index contributed by atoms with van der Waals surface area (Å²) in [6, 6.07) is 6.86. The summed E-state index contributed by atoms with van der Waals surface area (Å²) < 4.78 is 1.69. The third kappa shape index (κ3) is 2.67. The number of carbonyl (C=O) groups excluding carboxylic acids is 1. The van der Waals surface area contributed by atoms with Crippen LogP contribution >= 0.6 is 23.2 Å². The number of hydrogen-bond donors (Lipinski definition) is 0. The number of rotatable bonds is 4. The van der Waals surface area contributed by atoms with Gasteiger partial charge in [0.05, 0.1) is 15.7 Å². The Hall–Kier alpha value is -1.32. The second-order valence-corrected chi connectivity index (χ2v) is 4.91. The van der Waals surface area contributed by atoms with E-state index in [1.165, 1.54) is 0 Å². The lowest BCUT2D eigenvalue weighted by molar-refractivity contribution is 0.102. The molecule has 5 heteroatoms. The molecule has 1 heterocycles. The number of hydrogen-bond acceptors (Lipinski definition) is 2. The number of benzene rings is 1. The van der Waals surface area contributed by atoms with Crippen LogP contribution in [0, 0.1) is 0 Å². The summed E-state index contributed by atoms with van der Waals surface area (Å²) in [5.41, 5.74) is 1.85. The topological polar surface area (TPSA) is 34.9 Å². The zero-order valence-corrected chi connectivity index (χ0v) is 12.3. The fourth-order valence-electron chi connectivity index (χ4n) is 1.88. The van der Waals surface area contributed by atoms with Crippen molar-refractivity contribution in [1.82, 2.24) is 9.78 Å². The summed E-state index contributed by atoms with van der Waals surface area (Å²) in [5.74, 6) is -0.151. The molecule has 0 aliphatic rings. The van der Waals surface area contributed by atoms with Crippen LogP contribution in [0.25, 0.3) is 0 Å². The minimum absolute atomic E-state index is 0.151. The van der Waals surface area contributed by atoms with Crippen molar-refractivity contribution >= 4 is 29.0 Å². The van der Waals surface area contributed by atoms with E-state index in [2.05, 4.69) is 5.10 Å². The maximum absolute atomic E-state index is 12.5. The lowest BCUT2D eigenvalue weighted by Crippen LogP contribution is -2.11. The SMILES string of the molecule is CCc1cc(C(=O)c2cccc(Cl)c2Cl)n(CC)n1. The highest BCUT2D eigenvalue weighted by Gasteiger charge is 2.19. The standard InChI is InChI=1S/C14H14Cl2N2O/c1-3-9-8-12(18(4-2)17-9)14(19)10-6-5-7-11(15)13(10)16/h5-8H,3-4H2,1-2H3. The Morgan fingerprint density at radius 3 is 2.68 bits per heavy atom. The van der Waals surface area contributed by atoms with E-state index in [-0.39, 0.29) is 10.8 Å². The van der Waals surface area contributed by atoms with Gasteiger partial charge in [-0.3, -0.25) is 9.48 Å². The van der Waals surface area contributed by atoms with Gasteiger partial charge >= 0.3 is 0 Å². The van der Waals surface area contributed by atoms with Gasteiger partial charge in [-0.05, 0) is 31.5 Å². The van der Waals surface area contributed by atoms with Crippen molar-refractivity contribution in [3.63, 3.8) is 0 Å². The quantitative estimate of drug-likeness (QED) is 0.799. The van der Waals surface area contributed by atoms with E-state index in [0.717, 1.165) is 12.1 Å². The molecular formula is C14H14Cl2N2O. The fourth-order valence-corrected chi connectivity index (χ4v) is 2.27. The Morgan fingerprint density at radius 2 is 2.05 bits per heavy atom. The molecule has 0 atom stereocenters. The molecule has 0 unspecified atom stereocenters. The summed E-state index contributed by atoms with van der Waals surface area (Å²) in [7, 11) is 0. The Kier molecular flexibility index (Phi) is 4.27. The summed E-state index contributed by atoms with van der Waals surface area (Å²) in [5, 5.41) is 5.03. The third-order valence-electron chi connectivity index (χ3n) is 2.92. The van der Waals surface area contributed by atoms with Crippen molar-refractivity contribution in [3.05, 3.63) is 51.3 Å². The predicted octanol–water partition coefficient (Wildman–Crippen LogP) is 4.00. The van der Waals surface area contributed by atoms with Crippen LogP contribution in [0.1, 0.15) is 35.6 Å². The van der Waals surface area contributed by atoms with Crippen molar-refractivity contribution in [2.75, 3.05) is 0 Å². The second kappa shape index (κ2) is 5.76. The molecule has 0 aliphatic carbocycles. The van der Waals surface area contributed by atoms with Gasteiger partial charge in [-0.1, -0.05) is 36.2 Å². The summed E-state index contributed by atoms with van der Waals surface area (Å²) in [4.78, 5) is 12.5. The van der Waals surface area contributed by atoms with Gasteiger partial charge in [-0.2, -0.15) is 5.10 Å². The average molecular weight is 297 g/mol. The van der Waals surface area contributed by atoms with Crippen LogP contribution in [0.4, 0.5) is 0 Å². The molecule has 100 valence electrons. The normalized spacial score (nSPS) is 10.7. The summed E-state index contributed by atoms with van der Waals surface area (Å²) >= 11 is 12.0. The van der Waals surface area contributed by atoms with Crippen LogP contribution in [0.3, 0.4) is 0 Å². The zero-order valence-electron chi connectivity index (χ0n) is 10.8. The number of nitrogens with zero attached hydrogens (tertiary/aromatic N) is 2. The van der Waals surface area contributed by atoms with Crippen LogP contribution in [0.15, 0.2) is 24.3 Å². The van der Waals surface area contributed by atoms with Gasteiger partial charge in [0.2, 0.25) is 5.78 Å². The van der Waals surface area contributed by atoms with Crippen LogP contribution in [-0.2, 0) is 13.0 Å². The first-order valence-corrected chi connectivity index (χ1v) is 6.89. The van der Waals surface area contributed by atoms with E-state index >= 15 is 0 Å². The van der Waals surface area contributed by atoms with Crippen molar-refractivity contribution in [1.29, 1.82) is 0 Å². The Morgan fingerprint density at radius 1 is 1.32 bits per heavy atom. The van der Waals surface area contributed by atoms with Gasteiger partial charge in [0.1, 0.15) is 5.69 Å². The van der Waals surface area contributed by atoms with Crippen LogP contribution in [0.2, 0.25) is 10.0 Å². The highest BCUT2D eigenvalue weighted by atomic mass is 35.5. The molecule has 0 radical (unpaired) electrons. The third-order valence-corrected chi connectivity index (χ3v) is 3.74. The van der Waals surface area contributed by atoms with E-state index in [4.69, 9.17) is 23.2 Å². The summed E-state index contributed by atoms with van der Waals surface area (Å²) in [6.45, 7) is 4.59. The molecule has 0 bridgehead atoms. The molecular weight excluding hydrogens is 283 g/mol. The van der Waals surface area contributed by atoms with E-state index in [1.807, 2.05) is 19.9 Å². The van der Waals surface area contributed by atoms with Gasteiger partial charge in [0.25, 0.3) is 0 Å². The molecule has 3 nitrogen and oxygen atoms in total. The van der Waals surface area contributed by atoms with Crippen LogP contribution in [-0.4, -0.2) is 15.6 Å². The first-order valence-electron chi connectivity index (χ1n) is 6.13. The number of aryl methyl sites for hydroxylation is 2. The molecule has 1 aromatic carbocycles. The van der Waals surface area contributed by atoms with E-state index in [1.54, 1.807) is 22.9 Å². The molecule has 19 heavy (non-hydrogen) atoms. The first kappa shape index (κ1) is 14.1. The van der Waals surface area contributed by atoms with Crippen LogP contribution in [0.5, 0.6) is 0 Å². The number of halogens is 2. The Bertz CT molecular complexity index is 620. The lowest BCUT2D eigenvalue weighted by Gasteiger charge is -2.06. The van der Waals surface area contributed by atoms with E-state index < -0.39 is 0 Å². The van der Waals surface area contributed by atoms with Crippen molar-refractivity contribution in [2.45, 2.75) is 26.8 Å². The second-order valence-electron chi connectivity index (χ2n) is 4.12. The number of ketones is 1. The average Bonchev–Trinajstić information content (AvgIpc) is 2.84. The maximum atomic E-state index is 12.5. The van der Waals surface area contributed by atoms with E-state index in [0.29, 0.717) is 22.8 Å². The monoisotopic (exact) mass is 296 g/mol. The maximum Gasteiger partial charge on any atom is 0.212 e. The molecule has 1 aromatic heterocycles. The Balaban J connectivity index is 2.49. The number of carbonyl (C=O) groups is 1. The van der Waals surface area contributed by atoms with Gasteiger partial charge in [0, 0.05) is 12.1 Å². The first-order chi connectivity index (χ1) is 9.08. The molecule has 2 aromatic rings. The van der Waals surface area contributed by atoms with E-state index in [9.17, 15) is 4.79 Å². The predicted molar refractivity (Wildman–Crippen MR) is 77.2 cm³/mol. The molecule has 0 spiro atoms. The minimum Gasteiger partial charge on any atom is -0.287 e. The molecule has 0 amide bonds. The van der Waals surface area contributed by atoms with Crippen molar-refractivity contribution in [2.24, 2.45) is 0 Å². The summed E-state index contributed by atoms with van der Waals surface area (Å²) in [6.07, 6.45) is 0.788. The molecule has 0 aliphatic heterocycles. The fraction of sp³-hybridized carbons (Fsp3) is 0.286. The van der Waals surface area contributed by atoms with Gasteiger partial charge < -0.3 is 0 Å². The number of aromatic nitrogens is 2. The largest absolute Gasteiger partial charge is 0.287 e. The molecule has 0 fully saturated rings. The molecule has 2 rings (SSSR count). The highest BCUT2D eigenvalue weighted by Crippen LogP contribution is 2.27. The zero-order chi connectivity index (χ0) is 14.0.